The monoisotopic (exact) mass is 231 g/mol. The van der Waals surface area contributed by atoms with Gasteiger partial charge in [-0.25, -0.2) is 9.67 Å². The van der Waals surface area contributed by atoms with Crippen molar-refractivity contribution in [1.82, 2.24) is 9.78 Å². The number of aromatic nitrogens is 2. The van der Waals surface area contributed by atoms with Crippen molar-refractivity contribution in [3.8, 4) is 0 Å². The van der Waals surface area contributed by atoms with Crippen molar-refractivity contribution in [2.75, 3.05) is 0 Å². The average Bonchev–Trinajstić information content (AvgIpc) is 2.32. The number of guanidine groups is 1. The van der Waals surface area contributed by atoms with Gasteiger partial charge in [0.05, 0.1) is 18.3 Å². The van der Waals surface area contributed by atoms with E-state index in [2.05, 4.69) is 10.1 Å². The second-order valence-corrected chi connectivity index (χ2v) is 4.19. The Morgan fingerprint density at radius 1 is 1.67 bits per heavy atom. The number of nitrogens with zero attached hydrogens (tertiary/aromatic N) is 3. The van der Waals surface area contributed by atoms with E-state index in [1.54, 1.807) is 13.8 Å². The molecule has 0 aliphatic carbocycles. The maximum Gasteiger partial charge on any atom is 0.191 e. The second-order valence-electron chi connectivity index (χ2n) is 3.83. The van der Waals surface area contributed by atoms with Gasteiger partial charge in [0.25, 0.3) is 0 Å². The summed E-state index contributed by atoms with van der Waals surface area (Å²) in [4.78, 5) is 3.78. The van der Waals surface area contributed by atoms with Gasteiger partial charge in [-0.3, -0.25) is 0 Å². The van der Waals surface area contributed by atoms with E-state index in [0.29, 0.717) is 10.8 Å². The molecule has 15 heavy (non-hydrogen) atoms. The average molecular weight is 232 g/mol. The molecule has 1 rings (SSSR count). The third-order valence-electron chi connectivity index (χ3n) is 1.54. The Morgan fingerprint density at radius 3 is 2.73 bits per heavy atom. The van der Waals surface area contributed by atoms with Crippen LogP contribution in [0.25, 0.3) is 0 Å². The van der Waals surface area contributed by atoms with Crippen LogP contribution >= 0.6 is 11.6 Å². The van der Waals surface area contributed by atoms with Crippen LogP contribution < -0.4 is 11.5 Å². The molecule has 5 N–H and O–H groups in total. The van der Waals surface area contributed by atoms with Crippen LogP contribution in [-0.4, -0.2) is 26.4 Å². The van der Waals surface area contributed by atoms with E-state index in [1.165, 1.54) is 10.9 Å². The van der Waals surface area contributed by atoms with Crippen LogP contribution in [0.4, 0.5) is 5.69 Å². The van der Waals surface area contributed by atoms with E-state index >= 15 is 0 Å². The zero-order valence-electron chi connectivity index (χ0n) is 8.61. The van der Waals surface area contributed by atoms with Gasteiger partial charge in [0.15, 0.2) is 11.1 Å². The molecule has 0 saturated heterocycles. The molecule has 0 atom stereocenters. The van der Waals surface area contributed by atoms with Crippen LogP contribution in [0.1, 0.15) is 13.8 Å². The van der Waals surface area contributed by atoms with Gasteiger partial charge >= 0.3 is 0 Å². The zero-order chi connectivity index (χ0) is 11.6. The maximum atomic E-state index is 9.58. The minimum atomic E-state index is -0.898. The Hall–Kier alpha value is -1.27. The first-order valence-corrected chi connectivity index (χ1v) is 4.71. The predicted molar refractivity (Wildman–Crippen MR) is 59.0 cm³/mol. The maximum absolute atomic E-state index is 9.58. The Labute approximate surface area is 92.5 Å². The molecular formula is C8H14ClN5O. The van der Waals surface area contributed by atoms with E-state index < -0.39 is 5.60 Å². The molecule has 0 bridgehead atoms. The third kappa shape index (κ3) is 3.41. The number of aliphatic hydroxyl groups is 1. The van der Waals surface area contributed by atoms with Crippen molar-refractivity contribution in [2.24, 2.45) is 16.5 Å². The molecule has 7 heteroatoms. The molecule has 0 aromatic carbocycles. The Kier molecular flexibility index (Phi) is 3.21. The van der Waals surface area contributed by atoms with Gasteiger partial charge in [0, 0.05) is 0 Å². The first kappa shape index (κ1) is 11.8. The van der Waals surface area contributed by atoms with Crippen LogP contribution in [0.5, 0.6) is 0 Å². The highest BCUT2D eigenvalue weighted by atomic mass is 35.5. The van der Waals surface area contributed by atoms with Gasteiger partial charge in [-0.05, 0) is 13.8 Å². The highest BCUT2D eigenvalue weighted by molar-refractivity contribution is 6.32. The minimum absolute atomic E-state index is 0.0836. The van der Waals surface area contributed by atoms with Crippen molar-refractivity contribution in [3.63, 3.8) is 0 Å². The van der Waals surface area contributed by atoms with E-state index in [4.69, 9.17) is 23.1 Å². The number of aliphatic imine (C=N–C) groups is 1. The quantitative estimate of drug-likeness (QED) is 0.511. The number of hydrogen-bond donors (Lipinski definition) is 3. The SMILES string of the molecule is CC(C)(O)Cn1ncc(N=C(N)N)c1Cl. The smallest absolute Gasteiger partial charge is 0.191 e. The third-order valence-corrected chi connectivity index (χ3v) is 1.93. The van der Waals surface area contributed by atoms with Gasteiger partial charge in [-0.2, -0.15) is 5.10 Å². The molecule has 0 amide bonds. The van der Waals surface area contributed by atoms with E-state index in [1.807, 2.05) is 0 Å². The molecule has 1 aromatic rings. The highest BCUT2D eigenvalue weighted by Crippen LogP contribution is 2.25. The van der Waals surface area contributed by atoms with Crippen molar-refractivity contribution in [3.05, 3.63) is 11.3 Å². The van der Waals surface area contributed by atoms with E-state index in [9.17, 15) is 5.11 Å². The van der Waals surface area contributed by atoms with Crippen LogP contribution in [0, 0.1) is 0 Å². The summed E-state index contributed by atoms with van der Waals surface area (Å²) in [7, 11) is 0. The van der Waals surface area contributed by atoms with Crippen molar-refractivity contribution in [2.45, 2.75) is 26.0 Å². The van der Waals surface area contributed by atoms with Crippen molar-refractivity contribution < 1.29 is 5.11 Å². The summed E-state index contributed by atoms with van der Waals surface area (Å²) in [6.45, 7) is 3.59. The minimum Gasteiger partial charge on any atom is -0.389 e. The van der Waals surface area contributed by atoms with Gasteiger partial charge in [0.1, 0.15) is 5.69 Å². The molecule has 0 unspecified atom stereocenters. The fourth-order valence-electron chi connectivity index (χ4n) is 1.05. The number of nitrogens with two attached hydrogens (primary N) is 2. The number of rotatable bonds is 3. The lowest BCUT2D eigenvalue weighted by atomic mass is 10.1. The lowest BCUT2D eigenvalue weighted by molar-refractivity contribution is 0.0578. The fourth-order valence-corrected chi connectivity index (χ4v) is 1.25. The summed E-state index contributed by atoms with van der Waals surface area (Å²) in [5.74, 6) is -0.0836. The molecule has 1 aromatic heterocycles. The zero-order valence-corrected chi connectivity index (χ0v) is 9.36. The molecule has 84 valence electrons. The molecular weight excluding hydrogens is 218 g/mol. The molecule has 1 heterocycles. The molecule has 0 saturated carbocycles. The molecule has 0 spiro atoms. The molecule has 0 radical (unpaired) electrons. The Bertz CT molecular complexity index is 375. The van der Waals surface area contributed by atoms with Crippen LogP contribution in [-0.2, 0) is 6.54 Å². The van der Waals surface area contributed by atoms with Crippen molar-refractivity contribution >= 4 is 23.2 Å². The summed E-state index contributed by atoms with van der Waals surface area (Å²) in [5.41, 5.74) is 9.92. The lowest BCUT2D eigenvalue weighted by Crippen LogP contribution is -2.26. The molecule has 0 aliphatic heterocycles. The van der Waals surface area contributed by atoms with Gasteiger partial charge in [-0.1, -0.05) is 11.6 Å². The second kappa shape index (κ2) is 4.08. The van der Waals surface area contributed by atoms with Gasteiger partial charge in [-0.15, -0.1) is 0 Å². The number of hydrogen-bond acceptors (Lipinski definition) is 3. The number of halogens is 1. The Morgan fingerprint density at radius 2 is 2.27 bits per heavy atom. The highest BCUT2D eigenvalue weighted by Gasteiger charge is 2.17. The van der Waals surface area contributed by atoms with Gasteiger partial charge in [0.2, 0.25) is 0 Å². The summed E-state index contributed by atoms with van der Waals surface area (Å²) in [5, 5.41) is 13.8. The first-order chi connectivity index (χ1) is 6.79. The summed E-state index contributed by atoms with van der Waals surface area (Å²) in [6.07, 6.45) is 1.44. The first-order valence-electron chi connectivity index (χ1n) is 4.33. The van der Waals surface area contributed by atoms with Crippen LogP contribution in [0.15, 0.2) is 11.2 Å². The molecule has 0 fully saturated rings. The fraction of sp³-hybridized carbons (Fsp3) is 0.500. The molecule has 0 aliphatic rings. The van der Waals surface area contributed by atoms with Gasteiger partial charge < -0.3 is 16.6 Å². The van der Waals surface area contributed by atoms with Crippen LogP contribution in [0.3, 0.4) is 0 Å². The standard InChI is InChI=1S/C8H14ClN5O/c1-8(2,15)4-14-6(9)5(3-12-14)13-7(10)11/h3,15H,4H2,1-2H3,(H4,10,11,13). The predicted octanol–water partition coefficient (Wildman–Crippen LogP) is 0.212. The summed E-state index contributed by atoms with van der Waals surface area (Å²) < 4.78 is 1.43. The normalized spacial score (nSPS) is 11.5. The Balaban J connectivity index is 2.95. The largest absolute Gasteiger partial charge is 0.389 e. The summed E-state index contributed by atoms with van der Waals surface area (Å²) >= 11 is 5.95. The van der Waals surface area contributed by atoms with Crippen LogP contribution in [0.2, 0.25) is 5.15 Å². The van der Waals surface area contributed by atoms with E-state index in [0.717, 1.165) is 0 Å². The lowest BCUT2D eigenvalue weighted by Gasteiger charge is -2.17. The summed E-state index contributed by atoms with van der Waals surface area (Å²) in [6, 6.07) is 0. The van der Waals surface area contributed by atoms with E-state index in [-0.39, 0.29) is 12.5 Å². The topological polar surface area (TPSA) is 102 Å². The molecule has 6 nitrogen and oxygen atoms in total. The van der Waals surface area contributed by atoms with Crippen molar-refractivity contribution in [1.29, 1.82) is 0 Å².